The highest BCUT2D eigenvalue weighted by Gasteiger charge is 2.25. The molecule has 3 atom stereocenters. The highest BCUT2D eigenvalue weighted by atomic mass is 35.5. The molecule has 0 aromatic rings. The molecule has 1 amide bonds. The fourth-order valence-corrected chi connectivity index (χ4v) is 2.51. The summed E-state index contributed by atoms with van der Waals surface area (Å²) >= 11 is 0. The first-order chi connectivity index (χ1) is 7.75. The van der Waals surface area contributed by atoms with Crippen LogP contribution in [0.15, 0.2) is 0 Å². The van der Waals surface area contributed by atoms with Crippen molar-refractivity contribution in [1.82, 2.24) is 10.6 Å². The summed E-state index contributed by atoms with van der Waals surface area (Å²) in [7, 11) is 0. The van der Waals surface area contributed by atoms with Crippen LogP contribution in [-0.2, 0) is 9.53 Å². The van der Waals surface area contributed by atoms with Gasteiger partial charge in [0.05, 0.1) is 12.1 Å². The van der Waals surface area contributed by atoms with Gasteiger partial charge in [0, 0.05) is 19.1 Å². The number of carbonyl (C=O) groups is 1. The van der Waals surface area contributed by atoms with Crippen molar-refractivity contribution in [3.05, 3.63) is 0 Å². The maximum atomic E-state index is 11.7. The normalized spacial score (nSPS) is 32.2. The maximum Gasteiger partial charge on any atom is 0.220 e. The number of halogens is 1. The van der Waals surface area contributed by atoms with Gasteiger partial charge < -0.3 is 15.4 Å². The Bertz CT molecular complexity index is 245. The number of nitrogens with one attached hydrogen (secondary N) is 2. The molecule has 2 heterocycles. The van der Waals surface area contributed by atoms with Crippen LogP contribution in [-0.4, -0.2) is 37.2 Å². The number of rotatable bonds is 4. The van der Waals surface area contributed by atoms with Crippen molar-refractivity contribution in [1.29, 1.82) is 0 Å². The Balaban J connectivity index is 0.00000144. The van der Waals surface area contributed by atoms with Gasteiger partial charge in [-0.05, 0) is 39.2 Å². The topological polar surface area (TPSA) is 50.4 Å². The van der Waals surface area contributed by atoms with E-state index in [4.69, 9.17) is 4.74 Å². The van der Waals surface area contributed by atoms with Crippen molar-refractivity contribution in [2.45, 2.75) is 57.2 Å². The molecule has 2 aliphatic heterocycles. The summed E-state index contributed by atoms with van der Waals surface area (Å²) in [6.07, 6.45) is 5.20. The van der Waals surface area contributed by atoms with E-state index in [0.29, 0.717) is 12.5 Å². The quantitative estimate of drug-likeness (QED) is 0.801. The predicted molar refractivity (Wildman–Crippen MR) is 69.5 cm³/mol. The number of carbonyl (C=O) groups excluding carboxylic acids is 1. The zero-order valence-corrected chi connectivity index (χ0v) is 11.2. The minimum atomic E-state index is 0. The lowest BCUT2D eigenvalue weighted by Crippen LogP contribution is -2.39. The lowest BCUT2D eigenvalue weighted by Gasteiger charge is -2.16. The van der Waals surface area contributed by atoms with Gasteiger partial charge in [-0.25, -0.2) is 0 Å². The second-order valence-electron chi connectivity index (χ2n) is 4.87. The number of amides is 1. The molecule has 2 saturated heterocycles. The smallest absolute Gasteiger partial charge is 0.220 e. The molecule has 17 heavy (non-hydrogen) atoms. The van der Waals surface area contributed by atoms with E-state index in [2.05, 4.69) is 10.6 Å². The number of hydrogen-bond donors (Lipinski definition) is 2. The van der Waals surface area contributed by atoms with Gasteiger partial charge in [0.2, 0.25) is 5.91 Å². The Morgan fingerprint density at radius 2 is 2.29 bits per heavy atom. The van der Waals surface area contributed by atoms with E-state index < -0.39 is 0 Å². The van der Waals surface area contributed by atoms with E-state index in [1.807, 2.05) is 6.92 Å². The second-order valence-corrected chi connectivity index (χ2v) is 4.87. The van der Waals surface area contributed by atoms with Gasteiger partial charge in [-0.3, -0.25) is 4.79 Å². The van der Waals surface area contributed by atoms with Crippen LogP contribution in [0.2, 0.25) is 0 Å². The Morgan fingerprint density at radius 1 is 1.47 bits per heavy atom. The zero-order chi connectivity index (χ0) is 11.4. The molecule has 0 aromatic heterocycles. The summed E-state index contributed by atoms with van der Waals surface area (Å²) in [4.78, 5) is 11.7. The maximum absolute atomic E-state index is 11.7. The lowest BCUT2D eigenvalue weighted by atomic mass is 10.1. The van der Waals surface area contributed by atoms with Crippen molar-refractivity contribution in [3.8, 4) is 0 Å². The third-order valence-electron chi connectivity index (χ3n) is 3.60. The Morgan fingerprint density at radius 3 is 2.88 bits per heavy atom. The van der Waals surface area contributed by atoms with Crippen molar-refractivity contribution in [3.63, 3.8) is 0 Å². The molecule has 0 saturated carbocycles. The molecule has 5 heteroatoms. The standard InChI is InChI=1S/C12H22N2O2.ClH/c1-9-11(6-8-16-9)14-12(15)5-4-10-3-2-7-13-10;/h9-11,13H,2-8H2,1H3,(H,14,15);1H. The molecular weight excluding hydrogens is 240 g/mol. The van der Waals surface area contributed by atoms with Gasteiger partial charge in [0.25, 0.3) is 0 Å². The SMILES string of the molecule is CC1OCCC1NC(=O)CCC1CCCN1.Cl. The van der Waals surface area contributed by atoms with Crippen molar-refractivity contribution < 1.29 is 9.53 Å². The van der Waals surface area contributed by atoms with E-state index in [-0.39, 0.29) is 30.5 Å². The van der Waals surface area contributed by atoms with Crippen LogP contribution in [0, 0.1) is 0 Å². The van der Waals surface area contributed by atoms with Crippen LogP contribution >= 0.6 is 12.4 Å². The summed E-state index contributed by atoms with van der Waals surface area (Å²) in [5.41, 5.74) is 0. The third kappa shape index (κ3) is 4.45. The molecule has 2 N–H and O–H groups in total. The summed E-state index contributed by atoms with van der Waals surface area (Å²) in [6, 6.07) is 0.784. The molecule has 100 valence electrons. The van der Waals surface area contributed by atoms with E-state index in [9.17, 15) is 4.79 Å². The van der Waals surface area contributed by atoms with Gasteiger partial charge in [-0.1, -0.05) is 0 Å². The Labute approximate surface area is 109 Å². The summed E-state index contributed by atoms with van der Waals surface area (Å²) < 4.78 is 5.42. The average Bonchev–Trinajstić information content (AvgIpc) is 2.88. The van der Waals surface area contributed by atoms with Crippen LogP contribution < -0.4 is 10.6 Å². The largest absolute Gasteiger partial charge is 0.376 e. The Hall–Kier alpha value is -0.320. The van der Waals surface area contributed by atoms with E-state index in [0.717, 1.165) is 26.0 Å². The minimum absolute atomic E-state index is 0. The molecule has 2 fully saturated rings. The zero-order valence-electron chi connectivity index (χ0n) is 10.4. The highest BCUT2D eigenvalue weighted by molar-refractivity contribution is 5.85. The van der Waals surface area contributed by atoms with Crippen LogP contribution in [0.5, 0.6) is 0 Å². The van der Waals surface area contributed by atoms with Gasteiger partial charge in [0.15, 0.2) is 0 Å². The lowest BCUT2D eigenvalue weighted by molar-refractivity contribution is -0.122. The van der Waals surface area contributed by atoms with Crippen LogP contribution in [0.25, 0.3) is 0 Å². The summed E-state index contributed by atoms with van der Waals surface area (Å²) in [5, 5.41) is 6.47. The first-order valence-electron chi connectivity index (χ1n) is 6.40. The van der Waals surface area contributed by atoms with E-state index in [1.165, 1.54) is 12.8 Å². The molecule has 4 nitrogen and oxygen atoms in total. The van der Waals surface area contributed by atoms with Crippen LogP contribution in [0.3, 0.4) is 0 Å². The van der Waals surface area contributed by atoms with Crippen LogP contribution in [0.1, 0.15) is 39.0 Å². The molecule has 0 radical (unpaired) electrons. The summed E-state index contributed by atoms with van der Waals surface area (Å²) in [6.45, 7) is 3.91. The second kappa shape index (κ2) is 7.19. The minimum Gasteiger partial charge on any atom is -0.376 e. The molecule has 0 spiro atoms. The van der Waals surface area contributed by atoms with E-state index in [1.54, 1.807) is 0 Å². The number of ether oxygens (including phenoxy) is 1. The predicted octanol–water partition coefficient (Wildman–Crippen LogP) is 1.23. The molecule has 0 aliphatic carbocycles. The van der Waals surface area contributed by atoms with Crippen LogP contribution in [0.4, 0.5) is 0 Å². The number of hydrogen-bond acceptors (Lipinski definition) is 3. The first kappa shape index (κ1) is 14.7. The van der Waals surface area contributed by atoms with Gasteiger partial charge in [0.1, 0.15) is 0 Å². The van der Waals surface area contributed by atoms with Crippen molar-refractivity contribution in [2.24, 2.45) is 0 Å². The van der Waals surface area contributed by atoms with Crippen molar-refractivity contribution >= 4 is 18.3 Å². The van der Waals surface area contributed by atoms with E-state index >= 15 is 0 Å². The Kier molecular flexibility index (Phi) is 6.23. The van der Waals surface area contributed by atoms with Crippen molar-refractivity contribution in [2.75, 3.05) is 13.2 Å². The van der Waals surface area contributed by atoms with Gasteiger partial charge in [-0.15, -0.1) is 12.4 Å². The molecule has 2 rings (SSSR count). The first-order valence-corrected chi connectivity index (χ1v) is 6.40. The van der Waals surface area contributed by atoms with Gasteiger partial charge >= 0.3 is 0 Å². The summed E-state index contributed by atoms with van der Waals surface area (Å²) in [5.74, 6) is 0.177. The molecule has 0 bridgehead atoms. The molecule has 0 aromatic carbocycles. The average molecular weight is 263 g/mol. The molecule has 3 unspecified atom stereocenters. The van der Waals surface area contributed by atoms with Gasteiger partial charge in [-0.2, -0.15) is 0 Å². The fraction of sp³-hybridized carbons (Fsp3) is 0.917. The fourth-order valence-electron chi connectivity index (χ4n) is 2.51. The monoisotopic (exact) mass is 262 g/mol. The molecular formula is C12H23ClN2O2. The highest BCUT2D eigenvalue weighted by Crippen LogP contribution is 2.14. The molecule has 2 aliphatic rings. The third-order valence-corrected chi connectivity index (χ3v) is 3.60.